The SMILES string of the molecule is O=[N+]([O-])c1cc(Br)ccc1OCC(F)F. The summed E-state index contributed by atoms with van der Waals surface area (Å²) in [5.41, 5.74) is -0.343. The molecule has 0 N–H and O–H groups in total. The molecule has 7 heteroatoms. The summed E-state index contributed by atoms with van der Waals surface area (Å²) in [5, 5.41) is 10.5. The topological polar surface area (TPSA) is 52.4 Å². The van der Waals surface area contributed by atoms with Gasteiger partial charge in [0.15, 0.2) is 5.75 Å². The lowest BCUT2D eigenvalue weighted by atomic mass is 10.3. The molecule has 0 aromatic heterocycles. The summed E-state index contributed by atoms with van der Waals surface area (Å²) in [7, 11) is 0. The van der Waals surface area contributed by atoms with Crippen LogP contribution in [-0.4, -0.2) is 18.0 Å². The monoisotopic (exact) mass is 281 g/mol. The van der Waals surface area contributed by atoms with Gasteiger partial charge in [0.2, 0.25) is 0 Å². The standard InChI is InChI=1S/C8H6BrF2NO3/c9-5-1-2-7(15-4-8(10)11)6(3-5)12(13)14/h1-3,8H,4H2. The molecular weight excluding hydrogens is 276 g/mol. The molecule has 0 bridgehead atoms. The van der Waals surface area contributed by atoms with E-state index in [0.717, 1.165) is 0 Å². The first-order valence-electron chi connectivity index (χ1n) is 3.85. The van der Waals surface area contributed by atoms with Crippen molar-refractivity contribution >= 4 is 21.6 Å². The number of alkyl halides is 2. The minimum atomic E-state index is -2.66. The Balaban J connectivity index is 2.91. The lowest BCUT2D eigenvalue weighted by molar-refractivity contribution is -0.386. The second kappa shape index (κ2) is 5.01. The molecule has 1 aromatic rings. The van der Waals surface area contributed by atoms with Gasteiger partial charge in [0.25, 0.3) is 6.43 Å². The predicted octanol–water partition coefficient (Wildman–Crippen LogP) is 3.00. The first kappa shape index (κ1) is 11.8. The van der Waals surface area contributed by atoms with Crippen molar-refractivity contribution < 1.29 is 18.4 Å². The largest absolute Gasteiger partial charge is 0.481 e. The molecule has 15 heavy (non-hydrogen) atoms. The maximum atomic E-state index is 11.8. The molecule has 0 radical (unpaired) electrons. The van der Waals surface area contributed by atoms with E-state index in [1.807, 2.05) is 0 Å². The predicted molar refractivity (Wildman–Crippen MR) is 52.3 cm³/mol. The van der Waals surface area contributed by atoms with Gasteiger partial charge >= 0.3 is 5.69 Å². The first-order chi connectivity index (χ1) is 7.00. The number of ether oxygens (including phenoxy) is 1. The lowest BCUT2D eigenvalue weighted by Crippen LogP contribution is -2.08. The average Bonchev–Trinajstić information content (AvgIpc) is 2.15. The van der Waals surface area contributed by atoms with Gasteiger partial charge < -0.3 is 4.74 Å². The normalized spacial score (nSPS) is 10.4. The van der Waals surface area contributed by atoms with Crippen molar-refractivity contribution in [2.75, 3.05) is 6.61 Å². The van der Waals surface area contributed by atoms with Crippen molar-refractivity contribution in [2.24, 2.45) is 0 Å². The van der Waals surface area contributed by atoms with E-state index in [0.29, 0.717) is 4.47 Å². The van der Waals surface area contributed by atoms with E-state index in [4.69, 9.17) is 0 Å². The summed E-state index contributed by atoms with van der Waals surface area (Å²) in [6.07, 6.45) is -2.66. The summed E-state index contributed by atoms with van der Waals surface area (Å²) in [5.74, 6) is -0.163. The van der Waals surface area contributed by atoms with Crippen LogP contribution >= 0.6 is 15.9 Å². The molecule has 0 fully saturated rings. The van der Waals surface area contributed by atoms with Crippen LogP contribution in [0.3, 0.4) is 0 Å². The molecule has 0 atom stereocenters. The van der Waals surface area contributed by atoms with Crippen LogP contribution in [0.4, 0.5) is 14.5 Å². The van der Waals surface area contributed by atoms with Crippen LogP contribution in [0, 0.1) is 10.1 Å². The second-order valence-electron chi connectivity index (χ2n) is 2.57. The van der Waals surface area contributed by atoms with Crippen LogP contribution < -0.4 is 4.74 Å². The highest BCUT2D eigenvalue weighted by Gasteiger charge is 2.16. The minimum Gasteiger partial charge on any atom is -0.481 e. The number of rotatable bonds is 4. The van der Waals surface area contributed by atoms with Crippen LogP contribution in [0.5, 0.6) is 5.75 Å². The van der Waals surface area contributed by atoms with Gasteiger partial charge in [-0.15, -0.1) is 0 Å². The Morgan fingerprint density at radius 2 is 2.20 bits per heavy atom. The lowest BCUT2D eigenvalue weighted by Gasteiger charge is -2.05. The van der Waals surface area contributed by atoms with Gasteiger partial charge in [-0.25, -0.2) is 8.78 Å². The van der Waals surface area contributed by atoms with Gasteiger partial charge in [-0.1, -0.05) is 15.9 Å². The minimum absolute atomic E-state index is 0.163. The Bertz CT molecular complexity index is 373. The van der Waals surface area contributed by atoms with E-state index in [1.165, 1.54) is 18.2 Å². The van der Waals surface area contributed by atoms with Crippen LogP contribution in [-0.2, 0) is 0 Å². The molecule has 0 aliphatic carbocycles. The maximum Gasteiger partial charge on any atom is 0.312 e. The van der Waals surface area contributed by atoms with Gasteiger partial charge in [-0.3, -0.25) is 10.1 Å². The number of halogens is 3. The third-order valence-corrected chi connectivity index (χ3v) is 1.98. The van der Waals surface area contributed by atoms with Crippen LogP contribution in [0.2, 0.25) is 0 Å². The van der Waals surface area contributed by atoms with Crippen molar-refractivity contribution in [1.29, 1.82) is 0 Å². The van der Waals surface area contributed by atoms with Crippen LogP contribution in [0.1, 0.15) is 0 Å². The highest BCUT2D eigenvalue weighted by Crippen LogP contribution is 2.30. The van der Waals surface area contributed by atoms with E-state index in [-0.39, 0.29) is 11.4 Å². The molecule has 0 aliphatic heterocycles. The Morgan fingerprint density at radius 3 is 2.73 bits per heavy atom. The molecule has 0 saturated carbocycles. The fourth-order valence-corrected chi connectivity index (χ4v) is 1.26. The molecule has 0 heterocycles. The Kier molecular flexibility index (Phi) is 3.96. The fourth-order valence-electron chi connectivity index (χ4n) is 0.908. The molecule has 1 aromatic carbocycles. The molecule has 4 nitrogen and oxygen atoms in total. The quantitative estimate of drug-likeness (QED) is 0.630. The number of benzene rings is 1. The second-order valence-corrected chi connectivity index (χ2v) is 3.49. The molecule has 1 rings (SSSR count). The average molecular weight is 282 g/mol. The number of hydrogen-bond acceptors (Lipinski definition) is 3. The summed E-state index contributed by atoms with van der Waals surface area (Å²) < 4.78 is 28.7. The van der Waals surface area contributed by atoms with E-state index in [1.54, 1.807) is 0 Å². The van der Waals surface area contributed by atoms with Crippen LogP contribution in [0.25, 0.3) is 0 Å². The molecular formula is C8H6BrF2NO3. The zero-order chi connectivity index (χ0) is 11.4. The smallest absolute Gasteiger partial charge is 0.312 e. The zero-order valence-electron chi connectivity index (χ0n) is 7.32. The van der Waals surface area contributed by atoms with E-state index >= 15 is 0 Å². The highest BCUT2D eigenvalue weighted by molar-refractivity contribution is 9.10. The third-order valence-electron chi connectivity index (χ3n) is 1.48. The number of nitro groups is 1. The van der Waals surface area contributed by atoms with E-state index in [9.17, 15) is 18.9 Å². The van der Waals surface area contributed by atoms with Crippen molar-refractivity contribution in [1.82, 2.24) is 0 Å². The van der Waals surface area contributed by atoms with E-state index < -0.39 is 18.0 Å². The summed E-state index contributed by atoms with van der Waals surface area (Å²) in [6.45, 7) is -0.859. The Morgan fingerprint density at radius 1 is 1.53 bits per heavy atom. The van der Waals surface area contributed by atoms with Gasteiger partial charge in [-0.05, 0) is 12.1 Å². The molecule has 0 saturated heterocycles. The number of nitro benzene ring substituents is 1. The molecule has 0 aliphatic rings. The molecule has 0 unspecified atom stereocenters. The number of nitrogens with zero attached hydrogens (tertiary/aromatic N) is 1. The summed E-state index contributed by atoms with van der Waals surface area (Å²) >= 11 is 3.04. The first-order valence-corrected chi connectivity index (χ1v) is 4.65. The van der Waals surface area contributed by atoms with Crippen molar-refractivity contribution in [3.8, 4) is 5.75 Å². The van der Waals surface area contributed by atoms with E-state index in [2.05, 4.69) is 20.7 Å². The van der Waals surface area contributed by atoms with Crippen molar-refractivity contribution in [2.45, 2.75) is 6.43 Å². The van der Waals surface area contributed by atoms with Crippen LogP contribution in [0.15, 0.2) is 22.7 Å². The zero-order valence-corrected chi connectivity index (χ0v) is 8.91. The molecule has 0 spiro atoms. The van der Waals surface area contributed by atoms with Gasteiger partial charge in [-0.2, -0.15) is 0 Å². The summed E-state index contributed by atoms with van der Waals surface area (Å²) in [6, 6.07) is 3.94. The maximum absolute atomic E-state index is 11.8. The van der Waals surface area contributed by atoms with Gasteiger partial charge in [0.1, 0.15) is 6.61 Å². The molecule has 82 valence electrons. The third kappa shape index (κ3) is 3.43. The Hall–Kier alpha value is -1.24. The molecule has 0 amide bonds. The Labute approximate surface area is 92.1 Å². The fraction of sp³-hybridized carbons (Fsp3) is 0.250. The van der Waals surface area contributed by atoms with Gasteiger partial charge in [0.05, 0.1) is 4.92 Å². The highest BCUT2D eigenvalue weighted by atomic mass is 79.9. The summed E-state index contributed by atoms with van der Waals surface area (Å²) in [4.78, 5) is 9.85. The van der Waals surface area contributed by atoms with Crippen molar-refractivity contribution in [3.05, 3.63) is 32.8 Å². The number of hydrogen-bond donors (Lipinski definition) is 0. The van der Waals surface area contributed by atoms with Gasteiger partial charge in [0, 0.05) is 10.5 Å². The van der Waals surface area contributed by atoms with Crippen molar-refractivity contribution in [3.63, 3.8) is 0 Å².